The molecule has 0 atom stereocenters. The number of rotatable bonds is 5. The summed E-state index contributed by atoms with van der Waals surface area (Å²) in [6.07, 6.45) is 0.860. The van der Waals surface area contributed by atoms with Gasteiger partial charge in [-0.1, -0.05) is 23.7 Å². The van der Waals surface area contributed by atoms with Crippen LogP contribution in [-0.4, -0.2) is 21.7 Å². The zero-order valence-corrected chi connectivity index (χ0v) is 11.1. The molecule has 0 saturated heterocycles. The van der Waals surface area contributed by atoms with Crippen LogP contribution in [0.15, 0.2) is 40.0 Å². The Morgan fingerprint density at radius 1 is 1.44 bits per heavy atom. The Kier molecular flexibility index (Phi) is 4.71. The third-order valence-electron chi connectivity index (χ3n) is 2.10. The summed E-state index contributed by atoms with van der Waals surface area (Å²) in [6.45, 7) is 0. The van der Waals surface area contributed by atoms with Gasteiger partial charge in [0.05, 0.1) is 10.7 Å². The number of halogens is 1. The summed E-state index contributed by atoms with van der Waals surface area (Å²) in [4.78, 5) is 0.0462. The molecule has 0 aliphatic heterocycles. The lowest BCUT2D eigenvalue weighted by Gasteiger charge is -2.12. The molecule has 0 heterocycles. The normalized spacial score (nSPS) is 12.8. The number of hydrogen-bond donors (Lipinski definition) is 4. The van der Waals surface area contributed by atoms with E-state index in [1.165, 1.54) is 13.1 Å². The van der Waals surface area contributed by atoms with Gasteiger partial charge in [-0.2, -0.15) is 0 Å². The second-order valence-corrected chi connectivity index (χ2v) is 5.50. The number of benzene rings is 1. The van der Waals surface area contributed by atoms with E-state index in [0.29, 0.717) is 0 Å². The maximum atomic E-state index is 11.8. The van der Waals surface area contributed by atoms with Gasteiger partial charge >= 0.3 is 0 Å². The summed E-state index contributed by atoms with van der Waals surface area (Å²) in [6, 6.07) is 6.22. The van der Waals surface area contributed by atoms with E-state index in [2.05, 4.69) is 10.0 Å². The van der Waals surface area contributed by atoms with Crippen molar-refractivity contribution < 1.29 is 8.42 Å². The summed E-state index contributed by atoms with van der Waals surface area (Å²) < 4.78 is 25.7. The third kappa shape index (κ3) is 3.22. The van der Waals surface area contributed by atoms with E-state index < -0.39 is 10.0 Å². The molecule has 1 rings (SSSR count). The molecule has 0 fully saturated rings. The van der Waals surface area contributed by atoms with Crippen LogP contribution in [0.1, 0.15) is 0 Å². The fourth-order valence-corrected chi connectivity index (χ4v) is 2.13. The van der Waals surface area contributed by atoms with Crippen LogP contribution in [0.2, 0.25) is 0 Å². The van der Waals surface area contributed by atoms with Crippen molar-refractivity contribution in [2.75, 3.05) is 12.4 Å². The van der Waals surface area contributed by atoms with Crippen molar-refractivity contribution in [1.29, 1.82) is 5.41 Å². The summed E-state index contributed by atoms with van der Waals surface area (Å²) >= 11 is 5.65. The van der Waals surface area contributed by atoms with Gasteiger partial charge in [0.1, 0.15) is 10.7 Å². The standard InChI is InChI=1S/C10H13ClN4O2S/c1-14-18(16,17)9-5-3-2-4-8(9)15-10(13)7(11)6-12/h2-6,12,14-15H,13H2,1H3/b10-7-,12-6?. The fraction of sp³-hybridized carbons (Fsp3) is 0.100. The van der Waals surface area contributed by atoms with Gasteiger partial charge in [0.25, 0.3) is 0 Å². The summed E-state index contributed by atoms with van der Waals surface area (Å²) in [5, 5.41) is 9.60. The lowest BCUT2D eigenvalue weighted by Crippen LogP contribution is -2.21. The molecule has 18 heavy (non-hydrogen) atoms. The van der Waals surface area contributed by atoms with E-state index in [9.17, 15) is 8.42 Å². The highest BCUT2D eigenvalue weighted by molar-refractivity contribution is 7.89. The molecular weight excluding hydrogens is 276 g/mol. The topological polar surface area (TPSA) is 108 Å². The first kappa shape index (κ1) is 14.5. The Bertz CT molecular complexity index is 583. The minimum absolute atomic E-state index is 0.00502. The molecule has 0 aromatic heterocycles. The average Bonchev–Trinajstić information content (AvgIpc) is 2.38. The molecule has 0 aliphatic rings. The molecule has 8 heteroatoms. The zero-order chi connectivity index (χ0) is 13.8. The maximum absolute atomic E-state index is 11.8. The summed E-state index contributed by atoms with van der Waals surface area (Å²) in [5.41, 5.74) is 5.87. The van der Waals surface area contributed by atoms with Gasteiger partial charge in [0.15, 0.2) is 0 Å². The van der Waals surface area contributed by atoms with Crippen LogP contribution in [-0.2, 0) is 10.0 Å². The molecule has 0 radical (unpaired) electrons. The molecule has 98 valence electrons. The van der Waals surface area contributed by atoms with Crippen molar-refractivity contribution in [1.82, 2.24) is 4.72 Å². The molecular formula is C10H13ClN4O2S. The number of nitrogens with one attached hydrogen (secondary N) is 3. The minimum atomic E-state index is -3.60. The van der Waals surface area contributed by atoms with Gasteiger partial charge in [0.2, 0.25) is 10.0 Å². The van der Waals surface area contributed by atoms with Crippen molar-refractivity contribution in [3.05, 3.63) is 35.1 Å². The predicted octanol–water partition coefficient (Wildman–Crippen LogP) is 1.02. The van der Waals surface area contributed by atoms with E-state index in [1.54, 1.807) is 18.2 Å². The number of para-hydroxylation sites is 1. The predicted molar refractivity (Wildman–Crippen MR) is 72.2 cm³/mol. The van der Waals surface area contributed by atoms with E-state index in [4.69, 9.17) is 22.7 Å². The van der Waals surface area contributed by atoms with Gasteiger partial charge in [-0.25, -0.2) is 13.1 Å². The van der Waals surface area contributed by atoms with Gasteiger partial charge < -0.3 is 16.5 Å². The third-order valence-corrected chi connectivity index (χ3v) is 3.88. The van der Waals surface area contributed by atoms with Gasteiger partial charge in [-0.3, -0.25) is 0 Å². The maximum Gasteiger partial charge on any atom is 0.242 e. The van der Waals surface area contributed by atoms with Crippen LogP contribution < -0.4 is 15.8 Å². The van der Waals surface area contributed by atoms with Crippen LogP contribution in [0.25, 0.3) is 0 Å². The van der Waals surface area contributed by atoms with E-state index in [0.717, 1.165) is 6.21 Å². The molecule has 1 aromatic rings. The Labute approximate surface area is 110 Å². The second-order valence-electron chi connectivity index (χ2n) is 3.23. The lowest BCUT2D eigenvalue weighted by molar-refractivity contribution is 0.588. The van der Waals surface area contributed by atoms with Crippen LogP contribution >= 0.6 is 11.6 Å². The van der Waals surface area contributed by atoms with Gasteiger partial charge in [0, 0.05) is 6.21 Å². The average molecular weight is 289 g/mol. The molecule has 0 aliphatic carbocycles. The number of hydrogen-bond acceptors (Lipinski definition) is 5. The first-order chi connectivity index (χ1) is 8.42. The van der Waals surface area contributed by atoms with Crippen molar-refractivity contribution in [3.63, 3.8) is 0 Å². The van der Waals surface area contributed by atoms with Gasteiger partial charge in [-0.05, 0) is 19.2 Å². The smallest absolute Gasteiger partial charge is 0.242 e. The molecule has 0 saturated carbocycles. The minimum Gasteiger partial charge on any atom is -0.384 e. The molecule has 0 spiro atoms. The largest absolute Gasteiger partial charge is 0.384 e. The molecule has 1 aromatic carbocycles. The van der Waals surface area contributed by atoms with Gasteiger partial charge in [-0.15, -0.1) is 0 Å². The highest BCUT2D eigenvalue weighted by Gasteiger charge is 2.16. The molecule has 0 amide bonds. The number of anilines is 1. The molecule has 5 N–H and O–H groups in total. The number of nitrogens with two attached hydrogens (primary N) is 1. The molecule has 0 bridgehead atoms. The fourth-order valence-electron chi connectivity index (χ4n) is 1.20. The monoisotopic (exact) mass is 288 g/mol. The SMILES string of the molecule is CNS(=O)(=O)c1ccccc1N/C(N)=C(\Cl)C=N. The van der Waals surface area contributed by atoms with Crippen molar-refractivity contribution >= 4 is 33.5 Å². The Morgan fingerprint density at radius 2 is 2.06 bits per heavy atom. The zero-order valence-electron chi connectivity index (χ0n) is 9.57. The number of sulfonamides is 1. The van der Waals surface area contributed by atoms with Crippen molar-refractivity contribution in [2.24, 2.45) is 5.73 Å². The molecule has 6 nitrogen and oxygen atoms in total. The molecule has 0 unspecified atom stereocenters. The van der Waals surface area contributed by atoms with Crippen LogP contribution in [0, 0.1) is 5.41 Å². The first-order valence-electron chi connectivity index (χ1n) is 4.87. The first-order valence-corrected chi connectivity index (χ1v) is 6.74. The van der Waals surface area contributed by atoms with Crippen LogP contribution in [0.5, 0.6) is 0 Å². The van der Waals surface area contributed by atoms with E-state index in [-0.39, 0.29) is 21.4 Å². The Balaban J connectivity index is 3.24. The van der Waals surface area contributed by atoms with E-state index >= 15 is 0 Å². The van der Waals surface area contributed by atoms with Crippen LogP contribution in [0.3, 0.4) is 0 Å². The Morgan fingerprint density at radius 3 is 2.61 bits per heavy atom. The Hall–Kier alpha value is -1.57. The van der Waals surface area contributed by atoms with Crippen molar-refractivity contribution in [3.8, 4) is 0 Å². The second kappa shape index (κ2) is 5.85. The highest BCUT2D eigenvalue weighted by atomic mass is 35.5. The van der Waals surface area contributed by atoms with Crippen molar-refractivity contribution in [2.45, 2.75) is 4.90 Å². The van der Waals surface area contributed by atoms with E-state index in [1.807, 2.05) is 0 Å². The number of allylic oxidation sites excluding steroid dienone is 1. The summed E-state index contributed by atoms with van der Waals surface area (Å²) in [7, 11) is -2.28. The lowest BCUT2D eigenvalue weighted by atomic mass is 10.3. The highest BCUT2D eigenvalue weighted by Crippen LogP contribution is 2.21. The quantitative estimate of drug-likeness (QED) is 0.607. The summed E-state index contributed by atoms with van der Waals surface area (Å²) in [5.74, 6) is 0.00502. The van der Waals surface area contributed by atoms with Crippen LogP contribution in [0.4, 0.5) is 5.69 Å².